The van der Waals surface area contributed by atoms with Crippen molar-refractivity contribution in [2.24, 2.45) is 5.10 Å². The van der Waals surface area contributed by atoms with E-state index in [-0.39, 0.29) is 11.3 Å². The van der Waals surface area contributed by atoms with Gasteiger partial charge < -0.3 is 14.9 Å². The van der Waals surface area contributed by atoms with Crippen LogP contribution in [0.25, 0.3) is 0 Å². The predicted molar refractivity (Wildman–Crippen MR) is 79.3 cm³/mol. The van der Waals surface area contributed by atoms with E-state index in [9.17, 15) is 9.90 Å². The fraction of sp³-hybridized carbons (Fsp3) is 0.0667. The van der Waals surface area contributed by atoms with Gasteiger partial charge in [0.2, 0.25) is 0 Å². The van der Waals surface area contributed by atoms with Gasteiger partial charge in [0.25, 0.3) is 0 Å². The summed E-state index contributed by atoms with van der Waals surface area (Å²) in [5.74, 6) is -0.654. The quantitative estimate of drug-likeness (QED) is 0.580. The number of hydrazone groups is 1. The molecule has 0 bridgehead atoms. The summed E-state index contributed by atoms with van der Waals surface area (Å²) < 4.78 is 4.94. The smallest absolute Gasteiger partial charge is 0.337 e. The number of ether oxygens (including phenoxy) is 1. The van der Waals surface area contributed by atoms with Gasteiger partial charge in [-0.2, -0.15) is 5.10 Å². The van der Waals surface area contributed by atoms with Gasteiger partial charge in [-0.05, 0) is 35.9 Å². The summed E-state index contributed by atoms with van der Waals surface area (Å²) in [6, 6.07) is 11.3. The molecule has 0 spiro atoms. The SMILES string of the molecule is COc1ccc(/C=N/Nc2ccccc2C(=O)O)cc1O. The number of carboxylic acid groups (broad SMARTS) is 1. The summed E-state index contributed by atoms with van der Waals surface area (Å²) in [7, 11) is 1.47. The fourth-order valence-corrected chi connectivity index (χ4v) is 1.73. The number of hydrogen-bond donors (Lipinski definition) is 3. The average molecular weight is 286 g/mol. The maximum absolute atomic E-state index is 11.0. The van der Waals surface area contributed by atoms with Gasteiger partial charge in [0.15, 0.2) is 11.5 Å². The number of benzene rings is 2. The number of methoxy groups -OCH3 is 1. The van der Waals surface area contributed by atoms with E-state index in [0.717, 1.165) is 0 Å². The first-order valence-corrected chi connectivity index (χ1v) is 6.10. The van der Waals surface area contributed by atoms with E-state index >= 15 is 0 Å². The normalized spacial score (nSPS) is 10.5. The number of phenols is 1. The Kier molecular flexibility index (Phi) is 4.40. The second kappa shape index (κ2) is 6.42. The van der Waals surface area contributed by atoms with Crippen LogP contribution >= 0.6 is 0 Å². The Labute approximate surface area is 121 Å². The number of hydrogen-bond acceptors (Lipinski definition) is 5. The zero-order valence-corrected chi connectivity index (χ0v) is 11.3. The van der Waals surface area contributed by atoms with Crippen LogP contribution in [0.2, 0.25) is 0 Å². The van der Waals surface area contributed by atoms with E-state index in [0.29, 0.717) is 17.0 Å². The second-order valence-electron chi connectivity index (χ2n) is 4.15. The number of nitrogens with one attached hydrogen (secondary N) is 1. The van der Waals surface area contributed by atoms with Crippen molar-refractivity contribution in [1.82, 2.24) is 0 Å². The fourth-order valence-electron chi connectivity index (χ4n) is 1.73. The Balaban J connectivity index is 2.13. The number of aromatic carboxylic acids is 1. The highest BCUT2D eigenvalue weighted by atomic mass is 16.5. The second-order valence-corrected chi connectivity index (χ2v) is 4.15. The summed E-state index contributed by atoms with van der Waals surface area (Å²) in [5.41, 5.74) is 3.83. The van der Waals surface area contributed by atoms with Crippen LogP contribution in [0.5, 0.6) is 11.5 Å². The van der Waals surface area contributed by atoms with Gasteiger partial charge in [0.05, 0.1) is 24.6 Å². The Morgan fingerprint density at radius 2 is 2.05 bits per heavy atom. The van der Waals surface area contributed by atoms with E-state index < -0.39 is 5.97 Å². The summed E-state index contributed by atoms with van der Waals surface area (Å²) >= 11 is 0. The lowest BCUT2D eigenvalue weighted by Gasteiger charge is -2.05. The number of para-hydroxylation sites is 1. The third kappa shape index (κ3) is 3.50. The third-order valence-corrected chi connectivity index (χ3v) is 2.76. The zero-order chi connectivity index (χ0) is 15.2. The number of carboxylic acids is 1. The Morgan fingerprint density at radius 1 is 1.29 bits per heavy atom. The lowest BCUT2D eigenvalue weighted by atomic mass is 10.2. The lowest BCUT2D eigenvalue weighted by Crippen LogP contribution is -2.02. The van der Waals surface area contributed by atoms with E-state index in [1.54, 1.807) is 30.3 Å². The number of rotatable bonds is 5. The van der Waals surface area contributed by atoms with Crippen molar-refractivity contribution in [2.45, 2.75) is 0 Å². The molecular weight excluding hydrogens is 272 g/mol. The van der Waals surface area contributed by atoms with Crippen LogP contribution in [0.3, 0.4) is 0 Å². The first-order valence-electron chi connectivity index (χ1n) is 6.10. The number of aromatic hydroxyl groups is 1. The molecule has 0 unspecified atom stereocenters. The van der Waals surface area contributed by atoms with Gasteiger partial charge in [-0.1, -0.05) is 12.1 Å². The minimum absolute atomic E-state index is 0.00684. The molecule has 2 aromatic rings. The number of nitrogens with zero attached hydrogens (tertiary/aromatic N) is 1. The van der Waals surface area contributed by atoms with Gasteiger partial charge in [-0.15, -0.1) is 0 Å². The maximum Gasteiger partial charge on any atom is 0.337 e. The van der Waals surface area contributed by atoms with Crippen molar-refractivity contribution >= 4 is 17.9 Å². The van der Waals surface area contributed by atoms with Crippen molar-refractivity contribution in [2.75, 3.05) is 12.5 Å². The average Bonchev–Trinajstić information content (AvgIpc) is 2.48. The topological polar surface area (TPSA) is 91.2 Å². The van der Waals surface area contributed by atoms with Crippen LogP contribution in [0.1, 0.15) is 15.9 Å². The van der Waals surface area contributed by atoms with Gasteiger partial charge in [0.1, 0.15) is 0 Å². The third-order valence-electron chi connectivity index (χ3n) is 2.76. The van der Waals surface area contributed by atoms with Crippen LogP contribution in [0.4, 0.5) is 5.69 Å². The Morgan fingerprint density at radius 3 is 2.71 bits per heavy atom. The highest BCUT2D eigenvalue weighted by Crippen LogP contribution is 2.25. The molecule has 6 heteroatoms. The first-order chi connectivity index (χ1) is 10.1. The molecule has 0 atom stereocenters. The van der Waals surface area contributed by atoms with Crippen molar-refractivity contribution in [1.29, 1.82) is 0 Å². The summed E-state index contributed by atoms with van der Waals surface area (Å²) in [6.45, 7) is 0. The van der Waals surface area contributed by atoms with Gasteiger partial charge in [-0.25, -0.2) is 4.79 Å². The molecule has 0 saturated carbocycles. The minimum atomic E-state index is -1.03. The molecule has 0 radical (unpaired) electrons. The van der Waals surface area contributed by atoms with Crippen molar-refractivity contribution in [3.63, 3.8) is 0 Å². The Hall–Kier alpha value is -3.02. The van der Waals surface area contributed by atoms with Crippen molar-refractivity contribution in [3.05, 3.63) is 53.6 Å². The molecule has 0 saturated heterocycles. The van der Waals surface area contributed by atoms with Gasteiger partial charge in [-0.3, -0.25) is 5.43 Å². The molecule has 0 aromatic heterocycles. The Bertz CT molecular complexity index is 683. The predicted octanol–water partition coefficient (Wildman–Crippen LogP) is 2.55. The lowest BCUT2D eigenvalue weighted by molar-refractivity contribution is 0.0698. The molecule has 0 aliphatic carbocycles. The van der Waals surface area contributed by atoms with Crippen LogP contribution in [0, 0.1) is 0 Å². The zero-order valence-electron chi connectivity index (χ0n) is 11.3. The van der Waals surface area contributed by atoms with Gasteiger partial charge in [0, 0.05) is 0 Å². The van der Waals surface area contributed by atoms with E-state index in [2.05, 4.69) is 10.5 Å². The molecule has 3 N–H and O–H groups in total. The summed E-state index contributed by atoms with van der Waals surface area (Å²) in [4.78, 5) is 11.0. The summed E-state index contributed by atoms with van der Waals surface area (Å²) in [6.07, 6.45) is 1.47. The standard InChI is InChI=1S/C15H14N2O4/c1-21-14-7-6-10(8-13(14)18)9-16-17-12-5-3-2-4-11(12)15(19)20/h2-9,17-18H,1H3,(H,19,20)/b16-9+. The van der Waals surface area contributed by atoms with Crippen molar-refractivity contribution < 1.29 is 19.7 Å². The van der Waals surface area contributed by atoms with E-state index in [4.69, 9.17) is 9.84 Å². The molecule has 0 aliphatic heterocycles. The molecule has 6 nitrogen and oxygen atoms in total. The molecule has 21 heavy (non-hydrogen) atoms. The van der Waals surface area contributed by atoms with Crippen LogP contribution in [-0.2, 0) is 0 Å². The number of phenolic OH excluding ortho intramolecular Hbond substituents is 1. The van der Waals surface area contributed by atoms with Crippen LogP contribution in [0.15, 0.2) is 47.6 Å². The van der Waals surface area contributed by atoms with Gasteiger partial charge >= 0.3 is 5.97 Å². The molecule has 0 aliphatic rings. The van der Waals surface area contributed by atoms with Crippen LogP contribution in [-0.4, -0.2) is 29.5 Å². The van der Waals surface area contributed by atoms with E-state index in [1.807, 2.05) is 0 Å². The molecule has 0 amide bonds. The number of carbonyl (C=O) groups is 1. The molecule has 2 rings (SSSR count). The molecule has 2 aromatic carbocycles. The summed E-state index contributed by atoms with van der Waals surface area (Å²) in [5, 5.41) is 22.6. The molecule has 0 heterocycles. The molecular formula is C15H14N2O4. The monoisotopic (exact) mass is 286 g/mol. The molecule has 0 fully saturated rings. The number of anilines is 1. The largest absolute Gasteiger partial charge is 0.504 e. The molecule has 108 valence electrons. The van der Waals surface area contributed by atoms with E-state index in [1.165, 1.54) is 25.5 Å². The minimum Gasteiger partial charge on any atom is -0.504 e. The highest BCUT2D eigenvalue weighted by molar-refractivity contribution is 5.94. The first kappa shape index (κ1) is 14.4. The highest BCUT2D eigenvalue weighted by Gasteiger charge is 2.07. The maximum atomic E-state index is 11.0. The van der Waals surface area contributed by atoms with Crippen LogP contribution < -0.4 is 10.2 Å². The van der Waals surface area contributed by atoms with Crippen molar-refractivity contribution in [3.8, 4) is 11.5 Å².